The molecule has 0 bridgehead atoms. The number of amides is 2. The van der Waals surface area contributed by atoms with Crippen LogP contribution in [-0.4, -0.2) is 64.9 Å². The van der Waals surface area contributed by atoms with Crippen LogP contribution in [0.5, 0.6) is 0 Å². The largest absolute Gasteiger partial charge is 0.479 e. The fourth-order valence-corrected chi connectivity index (χ4v) is 4.99. The van der Waals surface area contributed by atoms with Crippen LogP contribution < -0.4 is 5.32 Å². The van der Waals surface area contributed by atoms with Crippen molar-refractivity contribution >= 4 is 18.0 Å². The lowest BCUT2D eigenvalue weighted by Crippen LogP contribution is -2.46. The number of fused-ring (bicyclic) bond motifs is 3. The van der Waals surface area contributed by atoms with E-state index < -0.39 is 23.1 Å². The molecule has 8 nitrogen and oxygen atoms in total. The van der Waals surface area contributed by atoms with Crippen molar-refractivity contribution in [2.24, 2.45) is 5.41 Å². The van der Waals surface area contributed by atoms with E-state index in [-0.39, 0.29) is 44.5 Å². The molecule has 172 valence electrons. The number of hydrogen-bond donors (Lipinski definition) is 3. The van der Waals surface area contributed by atoms with Gasteiger partial charge in [0.2, 0.25) is 5.91 Å². The van der Waals surface area contributed by atoms with Crippen molar-refractivity contribution in [3.63, 3.8) is 0 Å². The summed E-state index contributed by atoms with van der Waals surface area (Å²) in [5, 5.41) is 22.0. The second-order valence-electron chi connectivity index (χ2n) is 9.27. The third-order valence-corrected chi connectivity index (χ3v) is 7.16. The van der Waals surface area contributed by atoms with E-state index in [1.165, 1.54) is 4.90 Å². The van der Waals surface area contributed by atoms with Gasteiger partial charge in [0.05, 0.1) is 12.0 Å². The summed E-state index contributed by atoms with van der Waals surface area (Å²) >= 11 is 0. The minimum atomic E-state index is -1.90. The molecule has 5 rings (SSSR count). The lowest BCUT2D eigenvalue weighted by Gasteiger charge is -2.24. The van der Waals surface area contributed by atoms with Crippen molar-refractivity contribution in [2.75, 3.05) is 26.2 Å². The number of likely N-dealkylation sites (tertiary alicyclic amines) is 1. The molecule has 1 heterocycles. The van der Waals surface area contributed by atoms with Gasteiger partial charge in [-0.25, -0.2) is 9.59 Å². The average Bonchev–Trinajstić information content (AvgIpc) is 3.40. The van der Waals surface area contributed by atoms with E-state index in [0.29, 0.717) is 12.8 Å². The second kappa shape index (κ2) is 7.88. The number of nitrogens with zero attached hydrogens (tertiary/aromatic N) is 1. The van der Waals surface area contributed by atoms with Crippen LogP contribution in [-0.2, 0) is 14.3 Å². The van der Waals surface area contributed by atoms with Crippen molar-refractivity contribution in [1.82, 2.24) is 10.2 Å². The quantitative estimate of drug-likeness (QED) is 0.622. The predicted octanol–water partition coefficient (Wildman–Crippen LogP) is 2.35. The third kappa shape index (κ3) is 3.74. The Labute approximate surface area is 191 Å². The highest BCUT2D eigenvalue weighted by Gasteiger charge is 2.55. The summed E-state index contributed by atoms with van der Waals surface area (Å²) in [7, 11) is 0. The first-order valence-electron chi connectivity index (χ1n) is 11.2. The van der Waals surface area contributed by atoms with Crippen LogP contribution in [0.15, 0.2) is 48.5 Å². The van der Waals surface area contributed by atoms with Gasteiger partial charge in [-0.05, 0) is 35.1 Å². The normalized spacial score (nSPS) is 22.4. The van der Waals surface area contributed by atoms with Crippen LogP contribution in [0.1, 0.15) is 36.3 Å². The van der Waals surface area contributed by atoms with Gasteiger partial charge in [-0.2, -0.15) is 0 Å². The van der Waals surface area contributed by atoms with E-state index >= 15 is 0 Å². The van der Waals surface area contributed by atoms with Crippen LogP contribution in [0.2, 0.25) is 0 Å². The molecular weight excluding hydrogens is 424 g/mol. The SMILES string of the molecule is O=C(NCC1(C(=O)N2CCC(O)(C(=O)O)C2)CC1)OCC1c2ccccc2-c2ccccc21. The Morgan fingerprint density at radius 2 is 1.61 bits per heavy atom. The maximum Gasteiger partial charge on any atom is 0.407 e. The van der Waals surface area contributed by atoms with Crippen molar-refractivity contribution in [1.29, 1.82) is 0 Å². The number of aliphatic carboxylic acids is 1. The van der Waals surface area contributed by atoms with Gasteiger partial charge in [0.1, 0.15) is 6.61 Å². The summed E-state index contributed by atoms with van der Waals surface area (Å²) < 4.78 is 5.54. The number of aliphatic hydroxyl groups is 1. The zero-order valence-electron chi connectivity index (χ0n) is 18.1. The van der Waals surface area contributed by atoms with E-state index in [9.17, 15) is 24.6 Å². The molecule has 2 amide bonds. The molecule has 2 aliphatic carbocycles. The first-order valence-corrected chi connectivity index (χ1v) is 11.2. The molecule has 2 aromatic carbocycles. The van der Waals surface area contributed by atoms with E-state index in [2.05, 4.69) is 17.4 Å². The van der Waals surface area contributed by atoms with Crippen LogP contribution >= 0.6 is 0 Å². The predicted molar refractivity (Wildman–Crippen MR) is 119 cm³/mol. The lowest BCUT2D eigenvalue weighted by molar-refractivity contribution is -0.157. The van der Waals surface area contributed by atoms with Crippen molar-refractivity contribution in [3.8, 4) is 11.1 Å². The molecule has 33 heavy (non-hydrogen) atoms. The number of carbonyl (C=O) groups excluding carboxylic acids is 2. The maximum absolute atomic E-state index is 12.9. The first kappa shape index (κ1) is 21.5. The monoisotopic (exact) mass is 450 g/mol. The molecule has 1 atom stereocenters. The summed E-state index contributed by atoms with van der Waals surface area (Å²) in [6.07, 6.45) is 0.637. The Morgan fingerprint density at radius 1 is 1.00 bits per heavy atom. The van der Waals surface area contributed by atoms with E-state index in [0.717, 1.165) is 22.3 Å². The summed E-state index contributed by atoms with van der Waals surface area (Å²) in [6, 6.07) is 16.2. The van der Waals surface area contributed by atoms with Gasteiger partial charge in [-0.1, -0.05) is 48.5 Å². The third-order valence-electron chi connectivity index (χ3n) is 7.16. The fraction of sp³-hybridized carbons (Fsp3) is 0.400. The Balaban J connectivity index is 1.18. The zero-order valence-corrected chi connectivity index (χ0v) is 18.1. The molecule has 2 aromatic rings. The summed E-state index contributed by atoms with van der Waals surface area (Å²) in [4.78, 5) is 38.0. The number of ether oxygens (including phenoxy) is 1. The number of rotatable bonds is 6. The molecule has 8 heteroatoms. The number of nitrogens with one attached hydrogen (secondary N) is 1. The molecule has 1 aliphatic heterocycles. The van der Waals surface area contributed by atoms with Crippen molar-refractivity contribution in [3.05, 3.63) is 59.7 Å². The highest BCUT2D eigenvalue weighted by atomic mass is 16.5. The van der Waals surface area contributed by atoms with Gasteiger partial charge >= 0.3 is 12.1 Å². The summed E-state index contributed by atoms with van der Waals surface area (Å²) in [5.41, 5.74) is 1.91. The van der Waals surface area contributed by atoms with E-state index in [1.54, 1.807) is 0 Å². The maximum atomic E-state index is 12.9. The fourth-order valence-electron chi connectivity index (χ4n) is 4.99. The lowest BCUT2D eigenvalue weighted by atomic mass is 9.98. The Bertz CT molecular complexity index is 1080. The van der Waals surface area contributed by atoms with E-state index in [4.69, 9.17) is 4.74 Å². The number of hydrogen-bond acceptors (Lipinski definition) is 5. The Hall–Kier alpha value is -3.39. The molecule has 0 radical (unpaired) electrons. The number of carbonyl (C=O) groups is 3. The summed E-state index contributed by atoms with van der Waals surface area (Å²) in [5.74, 6) is -1.59. The molecular formula is C25H26N2O6. The number of β-amino-alcohol motifs (C(OH)–C–C–N with tert-alkyl or cyclic N) is 1. The van der Waals surface area contributed by atoms with Crippen LogP contribution in [0.4, 0.5) is 4.79 Å². The Morgan fingerprint density at radius 3 is 2.15 bits per heavy atom. The van der Waals surface area contributed by atoms with Gasteiger partial charge in [0.25, 0.3) is 0 Å². The number of carboxylic acid groups (broad SMARTS) is 1. The van der Waals surface area contributed by atoms with Gasteiger partial charge in [-0.15, -0.1) is 0 Å². The van der Waals surface area contributed by atoms with Crippen LogP contribution in [0.3, 0.4) is 0 Å². The summed E-state index contributed by atoms with van der Waals surface area (Å²) in [6.45, 7) is 0.283. The molecule has 3 aliphatic rings. The highest BCUT2D eigenvalue weighted by molar-refractivity contribution is 5.88. The van der Waals surface area contributed by atoms with Gasteiger partial charge in [0, 0.05) is 25.4 Å². The van der Waals surface area contributed by atoms with Crippen LogP contribution in [0, 0.1) is 5.41 Å². The smallest absolute Gasteiger partial charge is 0.407 e. The number of alkyl carbamates (subject to hydrolysis) is 1. The average molecular weight is 450 g/mol. The first-order chi connectivity index (χ1) is 15.8. The van der Waals surface area contributed by atoms with Crippen LogP contribution in [0.25, 0.3) is 11.1 Å². The minimum Gasteiger partial charge on any atom is -0.479 e. The Kier molecular flexibility index (Phi) is 5.12. The van der Waals surface area contributed by atoms with Crippen molar-refractivity contribution in [2.45, 2.75) is 30.8 Å². The molecule has 0 aromatic heterocycles. The molecule has 1 saturated carbocycles. The molecule has 2 fully saturated rings. The molecule has 1 unspecified atom stereocenters. The van der Waals surface area contributed by atoms with Gasteiger partial charge < -0.3 is 25.2 Å². The van der Waals surface area contributed by atoms with Gasteiger partial charge in [-0.3, -0.25) is 4.79 Å². The molecule has 1 saturated heterocycles. The van der Waals surface area contributed by atoms with E-state index in [1.807, 2.05) is 36.4 Å². The van der Waals surface area contributed by atoms with Gasteiger partial charge in [0.15, 0.2) is 5.60 Å². The second-order valence-corrected chi connectivity index (χ2v) is 9.27. The highest BCUT2D eigenvalue weighted by Crippen LogP contribution is 2.48. The standard InChI is InChI=1S/C25H26N2O6/c28-21(27-12-11-25(32,15-27)22(29)30)24(9-10-24)14-26-23(31)33-13-20-18-7-3-1-5-16(18)17-6-2-4-8-19(17)20/h1-8,20,32H,9-15H2,(H,26,31)(H,29,30). The zero-order chi connectivity index (χ0) is 23.2. The number of benzene rings is 2. The van der Waals surface area contributed by atoms with Crippen molar-refractivity contribution < 1.29 is 29.3 Å². The number of carboxylic acids is 1. The molecule has 3 N–H and O–H groups in total. The molecule has 0 spiro atoms. The topological polar surface area (TPSA) is 116 Å². The minimum absolute atomic E-state index is 0.00393.